The number of carbonyl (C=O) groups excluding carboxylic acids is 1. The van der Waals surface area contributed by atoms with Gasteiger partial charge in [-0.2, -0.15) is 13.2 Å². The molecule has 26 heavy (non-hydrogen) atoms. The Hall–Kier alpha value is -1.31. The standard InChI is InChI=1S/C18H25ClF3N3O/c1-12(25-8-4-5-13(11-25)10-24(2)3)17(26)23-16-7-6-14(19)9-15(16)18(20,21)22/h6-7,9,12-13H,4-5,8,10-11H2,1-3H3,(H,23,26). The molecular formula is C18H25ClF3N3O. The second-order valence-corrected chi connectivity index (χ2v) is 7.55. The monoisotopic (exact) mass is 391 g/mol. The van der Waals surface area contributed by atoms with Crippen molar-refractivity contribution in [3.63, 3.8) is 0 Å². The molecule has 1 saturated heterocycles. The van der Waals surface area contributed by atoms with Crippen molar-refractivity contribution in [2.45, 2.75) is 32.0 Å². The summed E-state index contributed by atoms with van der Waals surface area (Å²) in [6, 6.07) is 2.86. The quantitative estimate of drug-likeness (QED) is 0.825. The van der Waals surface area contributed by atoms with Crippen LogP contribution in [0.2, 0.25) is 5.02 Å². The van der Waals surface area contributed by atoms with Crippen LogP contribution in [0.1, 0.15) is 25.3 Å². The zero-order valence-corrected chi connectivity index (χ0v) is 16.0. The molecular weight excluding hydrogens is 367 g/mol. The lowest BCUT2D eigenvalue weighted by Crippen LogP contribution is -2.48. The molecule has 8 heteroatoms. The summed E-state index contributed by atoms with van der Waals surface area (Å²) in [6.45, 7) is 4.20. The van der Waals surface area contributed by atoms with Crippen LogP contribution in [0.25, 0.3) is 0 Å². The number of halogens is 4. The Bertz CT molecular complexity index is 637. The first-order valence-corrected chi connectivity index (χ1v) is 9.02. The van der Waals surface area contributed by atoms with Gasteiger partial charge in [0.15, 0.2) is 0 Å². The Morgan fingerprint density at radius 3 is 2.73 bits per heavy atom. The van der Waals surface area contributed by atoms with E-state index in [4.69, 9.17) is 11.6 Å². The van der Waals surface area contributed by atoms with Gasteiger partial charge in [0.05, 0.1) is 17.3 Å². The minimum absolute atomic E-state index is 0.0223. The van der Waals surface area contributed by atoms with Crippen molar-refractivity contribution in [1.29, 1.82) is 0 Å². The molecule has 0 spiro atoms. The van der Waals surface area contributed by atoms with Gasteiger partial charge in [-0.05, 0) is 64.5 Å². The van der Waals surface area contributed by atoms with E-state index in [1.54, 1.807) is 6.92 Å². The first kappa shape index (κ1) is 21.0. The molecule has 1 aliphatic heterocycles. The lowest BCUT2D eigenvalue weighted by Gasteiger charge is -2.37. The molecule has 0 aliphatic carbocycles. The fourth-order valence-electron chi connectivity index (χ4n) is 3.38. The number of hydrogen-bond donors (Lipinski definition) is 1. The summed E-state index contributed by atoms with van der Waals surface area (Å²) in [5.41, 5.74) is -1.20. The smallest absolute Gasteiger partial charge is 0.324 e. The van der Waals surface area contributed by atoms with E-state index < -0.39 is 23.7 Å². The number of piperidine rings is 1. The number of alkyl halides is 3. The predicted molar refractivity (Wildman–Crippen MR) is 97.4 cm³/mol. The summed E-state index contributed by atoms with van der Waals surface area (Å²) >= 11 is 5.68. The molecule has 4 nitrogen and oxygen atoms in total. The third-order valence-electron chi connectivity index (χ3n) is 4.65. The van der Waals surface area contributed by atoms with Gasteiger partial charge in [0.1, 0.15) is 0 Å². The van der Waals surface area contributed by atoms with Gasteiger partial charge in [0.2, 0.25) is 5.91 Å². The largest absolute Gasteiger partial charge is 0.418 e. The number of hydrogen-bond acceptors (Lipinski definition) is 3. The van der Waals surface area contributed by atoms with Crippen LogP contribution < -0.4 is 5.32 Å². The topological polar surface area (TPSA) is 35.6 Å². The van der Waals surface area contributed by atoms with Gasteiger partial charge < -0.3 is 10.2 Å². The number of nitrogens with zero attached hydrogens (tertiary/aromatic N) is 2. The van der Waals surface area contributed by atoms with E-state index in [2.05, 4.69) is 10.2 Å². The van der Waals surface area contributed by atoms with E-state index in [-0.39, 0.29) is 10.7 Å². The first-order chi connectivity index (χ1) is 12.1. The van der Waals surface area contributed by atoms with Gasteiger partial charge in [-0.1, -0.05) is 11.6 Å². The Balaban J connectivity index is 2.08. The Morgan fingerprint density at radius 2 is 2.12 bits per heavy atom. The van der Waals surface area contributed by atoms with E-state index in [1.807, 2.05) is 19.0 Å². The number of benzene rings is 1. The first-order valence-electron chi connectivity index (χ1n) is 8.64. The van der Waals surface area contributed by atoms with E-state index >= 15 is 0 Å². The molecule has 1 heterocycles. The van der Waals surface area contributed by atoms with E-state index in [0.717, 1.165) is 38.5 Å². The van der Waals surface area contributed by atoms with Crippen molar-refractivity contribution in [3.8, 4) is 0 Å². The summed E-state index contributed by atoms with van der Waals surface area (Å²) in [6.07, 6.45) is -2.51. The molecule has 1 aromatic rings. The highest BCUT2D eigenvalue weighted by atomic mass is 35.5. The van der Waals surface area contributed by atoms with Crippen LogP contribution in [0, 0.1) is 5.92 Å². The maximum Gasteiger partial charge on any atom is 0.418 e. The summed E-state index contributed by atoms with van der Waals surface area (Å²) in [5, 5.41) is 2.41. The van der Waals surface area contributed by atoms with Crippen LogP contribution in [0.5, 0.6) is 0 Å². The number of anilines is 1. The molecule has 0 saturated carbocycles. The number of nitrogens with one attached hydrogen (secondary N) is 1. The van der Waals surface area contributed by atoms with Crippen LogP contribution >= 0.6 is 11.6 Å². The van der Waals surface area contributed by atoms with Crippen molar-refractivity contribution < 1.29 is 18.0 Å². The van der Waals surface area contributed by atoms with Crippen molar-refractivity contribution >= 4 is 23.2 Å². The number of rotatable bonds is 5. The Kier molecular flexibility index (Phi) is 6.93. The third kappa shape index (κ3) is 5.59. The lowest BCUT2D eigenvalue weighted by molar-refractivity contribution is -0.137. The van der Waals surface area contributed by atoms with Crippen LogP contribution in [-0.2, 0) is 11.0 Å². The second kappa shape index (κ2) is 8.59. The lowest BCUT2D eigenvalue weighted by atomic mass is 9.96. The zero-order chi connectivity index (χ0) is 19.5. The number of carbonyl (C=O) groups is 1. The highest BCUT2D eigenvalue weighted by Crippen LogP contribution is 2.36. The molecule has 1 fully saturated rings. The number of amides is 1. The average Bonchev–Trinajstić information content (AvgIpc) is 2.54. The SMILES string of the molecule is CC(C(=O)Nc1ccc(Cl)cc1C(F)(F)F)N1CCCC(CN(C)C)C1. The maximum atomic E-state index is 13.2. The van der Waals surface area contributed by atoms with Crippen molar-refractivity contribution in [3.05, 3.63) is 28.8 Å². The molecule has 0 radical (unpaired) electrons. The van der Waals surface area contributed by atoms with Gasteiger partial charge in [0, 0.05) is 18.1 Å². The summed E-state index contributed by atoms with van der Waals surface area (Å²) in [5.74, 6) is 0.0126. The molecule has 2 rings (SSSR count). The Labute approximate surface area is 157 Å². The fourth-order valence-corrected chi connectivity index (χ4v) is 3.55. The van der Waals surface area contributed by atoms with E-state index in [1.165, 1.54) is 12.1 Å². The van der Waals surface area contributed by atoms with Gasteiger partial charge in [-0.25, -0.2) is 0 Å². The molecule has 2 atom stereocenters. The summed E-state index contributed by atoms with van der Waals surface area (Å²) < 4.78 is 39.5. The van der Waals surface area contributed by atoms with Gasteiger partial charge in [-0.15, -0.1) is 0 Å². The minimum atomic E-state index is -4.58. The molecule has 1 aromatic carbocycles. The van der Waals surface area contributed by atoms with Crippen LogP contribution in [-0.4, -0.2) is 55.5 Å². The Morgan fingerprint density at radius 1 is 1.42 bits per heavy atom. The number of likely N-dealkylation sites (tertiary alicyclic amines) is 1. The molecule has 0 bridgehead atoms. The van der Waals surface area contributed by atoms with Crippen LogP contribution in [0.4, 0.5) is 18.9 Å². The fraction of sp³-hybridized carbons (Fsp3) is 0.611. The van der Waals surface area contributed by atoms with E-state index in [9.17, 15) is 18.0 Å². The van der Waals surface area contributed by atoms with Gasteiger partial charge >= 0.3 is 6.18 Å². The molecule has 1 aliphatic rings. The maximum absolute atomic E-state index is 13.2. The summed E-state index contributed by atoms with van der Waals surface area (Å²) in [4.78, 5) is 16.7. The van der Waals surface area contributed by atoms with Crippen molar-refractivity contribution in [2.75, 3.05) is 39.0 Å². The molecule has 1 amide bonds. The van der Waals surface area contributed by atoms with Gasteiger partial charge in [-0.3, -0.25) is 9.69 Å². The molecule has 2 unspecified atom stereocenters. The molecule has 146 valence electrons. The summed E-state index contributed by atoms with van der Waals surface area (Å²) in [7, 11) is 4.02. The highest BCUT2D eigenvalue weighted by Gasteiger charge is 2.35. The second-order valence-electron chi connectivity index (χ2n) is 7.12. The van der Waals surface area contributed by atoms with Crippen molar-refractivity contribution in [2.24, 2.45) is 5.92 Å². The van der Waals surface area contributed by atoms with Crippen LogP contribution in [0.15, 0.2) is 18.2 Å². The molecule has 1 N–H and O–H groups in total. The minimum Gasteiger partial charge on any atom is -0.324 e. The van der Waals surface area contributed by atoms with Crippen molar-refractivity contribution in [1.82, 2.24) is 9.80 Å². The van der Waals surface area contributed by atoms with Gasteiger partial charge in [0.25, 0.3) is 0 Å². The third-order valence-corrected chi connectivity index (χ3v) is 4.88. The predicted octanol–water partition coefficient (Wildman–Crippen LogP) is 3.96. The zero-order valence-electron chi connectivity index (χ0n) is 15.2. The molecule has 0 aromatic heterocycles. The average molecular weight is 392 g/mol. The normalized spacial score (nSPS) is 20.2. The van der Waals surface area contributed by atoms with Crippen LogP contribution in [0.3, 0.4) is 0 Å². The van der Waals surface area contributed by atoms with E-state index in [0.29, 0.717) is 5.92 Å². The highest BCUT2D eigenvalue weighted by molar-refractivity contribution is 6.30.